The maximum atomic E-state index is 11.8. The van der Waals surface area contributed by atoms with E-state index in [2.05, 4.69) is 17.3 Å². The molecule has 1 saturated heterocycles. The van der Waals surface area contributed by atoms with Crippen LogP contribution in [0.1, 0.15) is 33.1 Å². The predicted octanol–water partition coefficient (Wildman–Crippen LogP) is 0.572. The van der Waals surface area contributed by atoms with Crippen molar-refractivity contribution in [2.75, 3.05) is 26.7 Å². The number of carbonyl (C=O) groups excluding carboxylic acids is 1. The zero-order valence-electron chi connectivity index (χ0n) is 10.8. The van der Waals surface area contributed by atoms with Crippen molar-refractivity contribution in [1.82, 2.24) is 10.2 Å². The number of rotatable bonds is 5. The van der Waals surface area contributed by atoms with Crippen LogP contribution in [0.2, 0.25) is 0 Å². The summed E-state index contributed by atoms with van der Waals surface area (Å²) in [5, 5.41) is 2.98. The molecular weight excluding hydrogens is 202 g/mol. The van der Waals surface area contributed by atoms with Crippen LogP contribution in [0.5, 0.6) is 0 Å². The number of nitrogens with two attached hydrogens (primary N) is 1. The number of hydrogen-bond donors (Lipinski definition) is 2. The maximum Gasteiger partial charge on any atom is 0.239 e. The minimum atomic E-state index is -0.709. The fourth-order valence-corrected chi connectivity index (χ4v) is 2.26. The summed E-state index contributed by atoms with van der Waals surface area (Å²) < 4.78 is 0. The molecule has 3 N–H and O–H groups in total. The van der Waals surface area contributed by atoms with E-state index < -0.39 is 5.54 Å². The molecule has 1 rings (SSSR count). The molecule has 1 aliphatic rings. The van der Waals surface area contributed by atoms with Gasteiger partial charge in [0.2, 0.25) is 5.91 Å². The van der Waals surface area contributed by atoms with E-state index >= 15 is 0 Å². The van der Waals surface area contributed by atoms with Gasteiger partial charge in [-0.25, -0.2) is 0 Å². The summed E-state index contributed by atoms with van der Waals surface area (Å²) in [5.74, 6) is 0.579. The number of carbonyl (C=O) groups is 1. The standard InChI is InChI=1S/C12H25N3O/c1-4-6-12(2,13)11(16)14-8-10-5-7-15(3)9-10/h10H,4-9,13H2,1-3H3,(H,14,16). The zero-order chi connectivity index (χ0) is 12.2. The van der Waals surface area contributed by atoms with E-state index in [4.69, 9.17) is 5.73 Å². The zero-order valence-corrected chi connectivity index (χ0v) is 10.8. The lowest BCUT2D eigenvalue weighted by Gasteiger charge is -2.23. The predicted molar refractivity (Wildman–Crippen MR) is 66.1 cm³/mol. The van der Waals surface area contributed by atoms with Crippen LogP contribution < -0.4 is 11.1 Å². The highest BCUT2D eigenvalue weighted by Crippen LogP contribution is 2.14. The average Bonchev–Trinajstić information content (AvgIpc) is 2.60. The summed E-state index contributed by atoms with van der Waals surface area (Å²) in [6.07, 6.45) is 2.85. The smallest absolute Gasteiger partial charge is 0.239 e. The number of nitrogens with zero attached hydrogens (tertiary/aromatic N) is 1. The Morgan fingerprint density at radius 1 is 1.62 bits per heavy atom. The van der Waals surface area contributed by atoms with Gasteiger partial charge in [0.05, 0.1) is 5.54 Å². The summed E-state index contributed by atoms with van der Waals surface area (Å²) in [4.78, 5) is 14.1. The topological polar surface area (TPSA) is 58.4 Å². The SMILES string of the molecule is CCCC(C)(N)C(=O)NCC1CCN(C)C1. The molecule has 16 heavy (non-hydrogen) atoms. The van der Waals surface area contributed by atoms with E-state index in [0.717, 1.165) is 32.5 Å². The fraction of sp³-hybridized carbons (Fsp3) is 0.917. The van der Waals surface area contributed by atoms with Gasteiger partial charge in [0, 0.05) is 13.1 Å². The van der Waals surface area contributed by atoms with Gasteiger partial charge in [-0.3, -0.25) is 4.79 Å². The molecule has 1 fully saturated rings. The Morgan fingerprint density at radius 2 is 2.31 bits per heavy atom. The highest BCUT2D eigenvalue weighted by atomic mass is 16.2. The van der Waals surface area contributed by atoms with Gasteiger partial charge in [-0.2, -0.15) is 0 Å². The molecule has 1 aliphatic heterocycles. The van der Waals surface area contributed by atoms with Crippen LogP contribution in [-0.4, -0.2) is 43.0 Å². The van der Waals surface area contributed by atoms with Gasteiger partial charge in [-0.15, -0.1) is 0 Å². The molecule has 0 spiro atoms. The Morgan fingerprint density at radius 3 is 2.81 bits per heavy atom. The van der Waals surface area contributed by atoms with E-state index in [0.29, 0.717) is 5.92 Å². The molecule has 1 heterocycles. The van der Waals surface area contributed by atoms with Crippen molar-refractivity contribution in [3.05, 3.63) is 0 Å². The highest BCUT2D eigenvalue weighted by molar-refractivity contribution is 5.85. The molecule has 2 unspecified atom stereocenters. The minimum absolute atomic E-state index is 0.0103. The Hall–Kier alpha value is -0.610. The summed E-state index contributed by atoms with van der Waals surface area (Å²) >= 11 is 0. The Bertz CT molecular complexity index is 240. The van der Waals surface area contributed by atoms with Gasteiger partial charge in [-0.05, 0) is 39.3 Å². The molecule has 1 amide bonds. The van der Waals surface area contributed by atoms with Gasteiger partial charge < -0.3 is 16.0 Å². The third-order valence-corrected chi connectivity index (χ3v) is 3.33. The van der Waals surface area contributed by atoms with Crippen molar-refractivity contribution in [2.24, 2.45) is 11.7 Å². The maximum absolute atomic E-state index is 11.8. The van der Waals surface area contributed by atoms with E-state index in [9.17, 15) is 4.79 Å². The van der Waals surface area contributed by atoms with Crippen LogP contribution in [-0.2, 0) is 4.79 Å². The molecule has 0 aromatic rings. The quantitative estimate of drug-likeness (QED) is 0.722. The van der Waals surface area contributed by atoms with Crippen molar-refractivity contribution < 1.29 is 4.79 Å². The average molecular weight is 227 g/mol. The normalized spacial score (nSPS) is 25.4. The second-order valence-corrected chi connectivity index (χ2v) is 5.29. The third-order valence-electron chi connectivity index (χ3n) is 3.33. The van der Waals surface area contributed by atoms with E-state index in [1.165, 1.54) is 6.42 Å². The highest BCUT2D eigenvalue weighted by Gasteiger charge is 2.28. The first-order valence-corrected chi connectivity index (χ1v) is 6.21. The fourth-order valence-electron chi connectivity index (χ4n) is 2.26. The lowest BCUT2D eigenvalue weighted by molar-refractivity contribution is -0.126. The summed E-state index contributed by atoms with van der Waals surface area (Å²) in [6.45, 7) is 6.83. The second-order valence-electron chi connectivity index (χ2n) is 5.29. The summed E-state index contributed by atoms with van der Waals surface area (Å²) in [6, 6.07) is 0. The van der Waals surface area contributed by atoms with E-state index in [1.807, 2.05) is 13.8 Å². The second kappa shape index (κ2) is 5.64. The van der Waals surface area contributed by atoms with Crippen molar-refractivity contribution in [2.45, 2.75) is 38.6 Å². The molecule has 0 aromatic heterocycles. The molecule has 0 aliphatic carbocycles. The van der Waals surface area contributed by atoms with Gasteiger partial charge in [-0.1, -0.05) is 13.3 Å². The van der Waals surface area contributed by atoms with Crippen molar-refractivity contribution >= 4 is 5.91 Å². The number of nitrogens with one attached hydrogen (secondary N) is 1. The lowest BCUT2D eigenvalue weighted by atomic mass is 9.96. The van der Waals surface area contributed by atoms with Crippen LogP contribution in [0, 0.1) is 5.92 Å². The lowest BCUT2D eigenvalue weighted by Crippen LogP contribution is -2.52. The number of likely N-dealkylation sites (tertiary alicyclic amines) is 1. The molecule has 4 nitrogen and oxygen atoms in total. The molecule has 94 valence electrons. The number of hydrogen-bond acceptors (Lipinski definition) is 3. The van der Waals surface area contributed by atoms with Crippen LogP contribution in [0.15, 0.2) is 0 Å². The van der Waals surface area contributed by atoms with Crippen LogP contribution in [0.4, 0.5) is 0 Å². The largest absolute Gasteiger partial charge is 0.354 e. The first-order valence-electron chi connectivity index (χ1n) is 6.21. The van der Waals surface area contributed by atoms with Crippen molar-refractivity contribution in [3.63, 3.8) is 0 Å². The monoisotopic (exact) mass is 227 g/mol. The third kappa shape index (κ3) is 3.76. The van der Waals surface area contributed by atoms with Crippen molar-refractivity contribution in [3.8, 4) is 0 Å². The van der Waals surface area contributed by atoms with E-state index in [-0.39, 0.29) is 5.91 Å². The van der Waals surface area contributed by atoms with Crippen LogP contribution in [0.25, 0.3) is 0 Å². The number of amides is 1. The van der Waals surface area contributed by atoms with Gasteiger partial charge in [0.1, 0.15) is 0 Å². The summed E-state index contributed by atoms with van der Waals surface area (Å²) in [7, 11) is 2.12. The first kappa shape index (κ1) is 13.5. The minimum Gasteiger partial charge on any atom is -0.354 e. The van der Waals surface area contributed by atoms with Gasteiger partial charge >= 0.3 is 0 Å². The molecular formula is C12H25N3O. The van der Waals surface area contributed by atoms with Gasteiger partial charge in [0.25, 0.3) is 0 Å². The molecule has 0 radical (unpaired) electrons. The van der Waals surface area contributed by atoms with Crippen LogP contribution in [0.3, 0.4) is 0 Å². The summed E-state index contributed by atoms with van der Waals surface area (Å²) in [5.41, 5.74) is 5.25. The Balaban J connectivity index is 2.29. The molecule has 4 heteroatoms. The Labute approximate surface area is 98.6 Å². The van der Waals surface area contributed by atoms with E-state index in [1.54, 1.807) is 0 Å². The Kier molecular flexibility index (Phi) is 4.74. The molecule has 0 bridgehead atoms. The molecule has 0 saturated carbocycles. The molecule has 0 aromatic carbocycles. The van der Waals surface area contributed by atoms with Crippen LogP contribution >= 0.6 is 0 Å². The van der Waals surface area contributed by atoms with Crippen molar-refractivity contribution in [1.29, 1.82) is 0 Å². The van der Waals surface area contributed by atoms with Gasteiger partial charge in [0.15, 0.2) is 0 Å². The first-order chi connectivity index (χ1) is 7.45. The molecule has 2 atom stereocenters.